The van der Waals surface area contributed by atoms with E-state index in [0.717, 1.165) is 0 Å². The second-order valence-corrected chi connectivity index (χ2v) is 10.7. The van der Waals surface area contributed by atoms with Gasteiger partial charge in [0, 0.05) is 35.1 Å². The standard InChI is InChI=1S/C10H14N2.4C7H6O3.Cu/c1-12-7-3-5-10(12)9-4-2-6-11-8-9;4*8-6-4-2-1-3-5(6)7(9)10;/h2,4,6,8,10H,3,5,7H2,1H3;4*1-4,8H,(H,9,10);/q;;;;;+2/p-3. The number of pyridine rings is 1. The van der Waals surface area contributed by atoms with Crippen LogP contribution in [0.25, 0.3) is 0 Å². The second-order valence-electron chi connectivity index (χ2n) is 10.7. The van der Waals surface area contributed by atoms with Crippen LogP contribution in [-0.4, -0.2) is 72.9 Å². The first-order valence-electron chi connectivity index (χ1n) is 15.3. The predicted octanol–water partition coefficient (Wildman–Crippen LogP) is 2.20. The van der Waals surface area contributed by atoms with Gasteiger partial charge in [0.05, 0.1) is 17.9 Å². The summed E-state index contributed by atoms with van der Waals surface area (Å²) in [6.07, 6.45) is 6.41. The Hall–Kier alpha value is -6.41. The van der Waals surface area contributed by atoms with E-state index >= 15 is 0 Å². The summed E-state index contributed by atoms with van der Waals surface area (Å²) in [5.41, 5.74) is 0.757. The number of para-hydroxylation sites is 4. The van der Waals surface area contributed by atoms with Crippen LogP contribution in [0.5, 0.6) is 23.0 Å². The maximum Gasteiger partial charge on any atom is 2.00 e. The van der Waals surface area contributed by atoms with Gasteiger partial charge in [-0.25, -0.2) is 4.79 Å². The Balaban J connectivity index is 0.000000331. The van der Waals surface area contributed by atoms with Crippen LogP contribution in [0.1, 0.15) is 65.9 Å². The maximum atomic E-state index is 10.3. The number of nitrogens with zero attached hydrogens (tertiary/aromatic N) is 2. The van der Waals surface area contributed by atoms with Gasteiger partial charge in [0.2, 0.25) is 0 Å². The number of rotatable bonds is 5. The van der Waals surface area contributed by atoms with E-state index < -0.39 is 23.9 Å². The number of carbonyl (C=O) groups excluding carboxylic acids is 3. The molecule has 6 rings (SSSR count). The van der Waals surface area contributed by atoms with Crippen LogP contribution >= 0.6 is 0 Å². The van der Waals surface area contributed by atoms with Crippen LogP contribution in [0.4, 0.5) is 0 Å². The molecule has 0 bridgehead atoms. The SMILES string of the molecule is CN1CCCC1c1cccnc1.O=C(O)c1ccccc1O.O=C([O-])c1ccccc1O.O=C([O-])c1ccccc1O.O=C([O-])c1ccccc1O.[Cu+2]. The molecule has 1 fully saturated rings. The minimum Gasteiger partial charge on any atom is -0.545 e. The normalized spacial score (nSPS) is 12.5. The van der Waals surface area contributed by atoms with Gasteiger partial charge < -0.3 is 55.2 Å². The summed E-state index contributed by atoms with van der Waals surface area (Å²) < 4.78 is 0. The Labute approximate surface area is 315 Å². The number of benzene rings is 4. The topological polar surface area (TPSA) is 255 Å². The van der Waals surface area contributed by atoms with Crippen molar-refractivity contribution in [3.63, 3.8) is 0 Å². The zero-order valence-electron chi connectivity index (χ0n) is 28.0. The molecule has 53 heavy (non-hydrogen) atoms. The first-order valence-corrected chi connectivity index (χ1v) is 15.3. The van der Waals surface area contributed by atoms with E-state index in [9.17, 15) is 34.5 Å². The minimum absolute atomic E-state index is 0. The van der Waals surface area contributed by atoms with Crippen LogP contribution in [-0.2, 0) is 17.1 Å². The summed E-state index contributed by atoms with van der Waals surface area (Å²) in [5.74, 6) is -6.19. The predicted molar refractivity (Wildman–Crippen MR) is 181 cm³/mol. The van der Waals surface area contributed by atoms with E-state index in [1.54, 1.807) is 30.3 Å². The number of phenols is 4. The van der Waals surface area contributed by atoms with E-state index in [0.29, 0.717) is 6.04 Å². The Bertz CT molecular complexity index is 1700. The molecule has 5 N–H and O–H groups in total. The minimum atomic E-state index is -1.36. The fourth-order valence-corrected chi connectivity index (χ4v) is 4.50. The average molecular weight is 775 g/mol. The van der Waals surface area contributed by atoms with Crippen molar-refractivity contribution in [3.05, 3.63) is 149 Å². The van der Waals surface area contributed by atoms with Crippen molar-refractivity contribution in [3.8, 4) is 23.0 Å². The van der Waals surface area contributed by atoms with Gasteiger partial charge in [0.25, 0.3) is 0 Å². The van der Waals surface area contributed by atoms with Crippen LogP contribution < -0.4 is 15.3 Å². The van der Waals surface area contributed by atoms with E-state index in [4.69, 9.17) is 25.5 Å². The Morgan fingerprint density at radius 1 is 0.604 bits per heavy atom. The summed E-state index contributed by atoms with van der Waals surface area (Å²) in [6.45, 7) is 1.22. The van der Waals surface area contributed by atoms with Crippen molar-refractivity contribution < 1.29 is 77.1 Å². The Kier molecular flexibility index (Phi) is 19.5. The summed E-state index contributed by atoms with van der Waals surface area (Å²) in [4.78, 5) is 47.3. The number of aromatic nitrogens is 1. The second kappa shape index (κ2) is 23.1. The van der Waals surface area contributed by atoms with Gasteiger partial charge >= 0.3 is 23.0 Å². The third-order valence-electron chi connectivity index (χ3n) is 7.10. The van der Waals surface area contributed by atoms with Gasteiger partial charge in [-0.1, -0.05) is 54.6 Å². The molecule has 1 aromatic heterocycles. The van der Waals surface area contributed by atoms with Crippen LogP contribution in [0.3, 0.4) is 0 Å². The number of carboxylic acids is 4. The number of hydrogen-bond donors (Lipinski definition) is 5. The van der Waals surface area contributed by atoms with E-state index in [2.05, 4.69) is 23.0 Å². The molecule has 0 spiro atoms. The molecule has 2 heterocycles. The zero-order chi connectivity index (χ0) is 38.6. The molecule has 281 valence electrons. The molecule has 14 nitrogen and oxygen atoms in total. The van der Waals surface area contributed by atoms with E-state index in [1.165, 1.54) is 91.7 Å². The molecule has 1 atom stereocenters. The number of aromatic hydroxyl groups is 4. The quantitative estimate of drug-likeness (QED) is 0.161. The molecule has 4 aromatic carbocycles. The van der Waals surface area contributed by atoms with Crippen molar-refractivity contribution >= 4 is 23.9 Å². The number of aromatic carboxylic acids is 4. The molecule has 15 heteroatoms. The fraction of sp³-hybridized carbons (Fsp3) is 0.132. The van der Waals surface area contributed by atoms with Crippen molar-refractivity contribution in [2.75, 3.05) is 13.6 Å². The van der Waals surface area contributed by atoms with Crippen LogP contribution in [0.15, 0.2) is 122 Å². The summed E-state index contributed by atoms with van der Waals surface area (Å²) >= 11 is 0. The summed E-state index contributed by atoms with van der Waals surface area (Å²) in [7, 11) is 2.19. The smallest absolute Gasteiger partial charge is 0.545 e. The molecule has 1 unspecified atom stereocenters. The molecule has 5 aromatic rings. The molecule has 0 aliphatic carbocycles. The van der Waals surface area contributed by atoms with Gasteiger partial charge in [0.15, 0.2) is 0 Å². The average Bonchev–Trinajstić information content (AvgIpc) is 3.56. The largest absolute Gasteiger partial charge is 2.00 e. The van der Waals surface area contributed by atoms with Gasteiger partial charge in [-0.2, -0.15) is 0 Å². The molecule has 1 aliphatic heterocycles. The first-order chi connectivity index (χ1) is 24.7. The van der Waals surface area contributed by atoms with E-state index in [-0.39, 0.29) is 62.3 Å². The number of hydrogen-bond acceptors (Lipinski definition) is 13. The maximum absolute atomic E-state index is 10.3. The van der Waals surface area contributed by atoms with Gasteiger partial charge in [-0.3, -0.25) is 9.88 Å². The van der Waals surface area contributed by atoms with Crippen molar-refractivity contribution in [1.82, 2.24) is 9.88 Å². The first kappa shape index (κ1) is 44.6. The molecule has 0 saturated carbocycles. The summed E-state index contributed by atoms with van der Waals surface area (Å²) in [5, 5.41) is 74.3. The third-order valence-corrected chi connectivity index (χ3v) is 7.10. The summed E-state index contributed by atoms with van der Waals surface area (Å²) in [6, 6.07) is 27.5. The zero-order valence-corrected chi connectivity index (χ0v) is 29.0. The van der Waals surface area contributed by atoms with Crippen molar-refractivity contribution in [2.45, 2.75) is 18.9 Å². The molecular formula is C38H35CuN2O12-. The Morgan fingerprint density at radius 2 is 0.962 bits per heavy atom. The third kappa shape index (κ3) is 15.2. The van der Waals surface area contributed by atoms with Crippen LogP contribution in [0, 0.1) is 0 Å². The van der Waals surface area contributed by atoms with Gasteiger partial charge in [-0.05, 0) is 86.6 Å². The molecule has 1 aliphatic rings. The van der Waals surface area contributed by atoms with Crippen molar-refractivity contribution in [1.29, 1.82) is 0 Å². The molecule has 1 saturated heterocycles. The van der Waals surface area contributed by atoms with Crippen LogP contribution in [0.2, 0.25) is 0 Å². The molecule has 0 amide bonds. The molecular weight excluding hydrogens is 740 g/mol. The number of carboxylic acid groups (broad SMARTS) is 4. The molecule has 1 radical (unpaired) electrons. The van der Waals surface area contributed by atoms with Crippen molar-refractivity contribution in [2.24, 2.45) is 0 Å². The Morgan fingerprint density at radius 3 is 1.19 bits per heavy atom. The van der Waals surface area contributed by atoms with Gasteiger partial charge in [-0.15, -0.1) is 0 Å². The number of likely N-dealkylation sites (tertiary alicyclic amines) is 1. The number of carbonyl (C=O) groups is 4. The fourth-order valence-electron chi connectivity index (χ4n) is 4.50. The van der Waals surface area contributed by atoms with Gasteiger partial charge in [0.1, 0.15) is 28.6 Å². The van der Waals surface area contributed by atoms with E-state index in [1.807, 2.05) is 18.5 Å². The monoisotopic (exact) mass is 774 g/mol.